The van der Waals surface area contributed by atoms with E-state index in [4.69, 9.17) is 0 Å². The van der Waals surface area contributed by atoms with Crippen molar-refractivity contribution < 1.29 is 26.4 Å². The van der Waals surface area contributed by atoms with Gasteiger partial charge in [0.2, 0.25) is 5.91 Å². The molecule has 0 atom stereocenters. The second kappa shape index (κ2) is 6.23. The number of hydrogen-bond acceptors (Lipinski definition) is 4. The van der Waals surface area contributed by atoms with Crippen LogP contribution < -0.4 is 10.6 Å². The number of hydrogen-bond donors (Lipinski definition) is 2. The Morgan fingerprint density at radius 3 is 2.20 bits per heavy atom. The first-order valence-corrected chi connectivity index (χ1v) is 7.34. The normalized spacial score (nSPS) is 12.2. The number of carbonyl (C=O) groups is 1. The van der Waals surface area contributed by atoms with Crippen molar-refractivity contribution in [1.82, 2.24) is 5.32 Å². The summed E-state index contributed by atoms with van der Waals surface area (Å²) in [6.45, 7) is -1.75. The van der Waals surface area contributed by atoms with Crippen molar-refractivity contribution in [2.75, 3.05) is 24.7 Å². The van der Waals surface area contributed by atoms with Gasteiger partial charge in [0.15, 0.2) is 9.84 Å². The van der Waals surface area contributed by atoms with Crippen LogP contribution in [-0.4, -0.2) is 39.8 Å². The summed E-state index contributed by atoms with van der Waals surface area (Å²) in [5.41, 5.74) is 0.302. The second-order valence-electron chi connectivity index (χ2n) is 4.06. The summed E-state index contributed by atoms with van der Waals surface area (Å²) >= 11 is 0. The van der Waals surface area contributed by atoms with E-state index in [1.54, 1.807) is 0 Å². The molecule has 0 heterocycles. The van der Waals surface area contributed by atoms with Crippen LogP contribution in [-0.2, 0) is 14.6 Å². The van der Waals surface area contributed by atoms with Crippen molar-refractivity contribution in [1.29, 1.82) is 0 Å². The fourth-order valence-corrected chi connectivity index (χ4v) is 1.94. The molecule has 0 spiro atoms. The number of carbonyl (C=O) groups excluding carboxylic acids is 1. The number of benzene rings is 1. The summed E-state index contributed by atoms with van der Waals surface area (Å²) in [5.74, 6) is -0.652. The quantitative estimate of drug-likeness (QED) is 0.856. The molecule has 1 aromatic carbocycles. The van der Waals surface area contributed by atoms with Crippen molar-refractivity contribution in [3.63, 3.8) is 0 Å². The maximum Gasteiger partial charge on any atom is 0.401 e. The zero-order chi connectivity index (χ0) is 15.4. The largest absolute Gasteiger partial charge is 0.401 e. The number of nitrogens with one attached hydrogen (secondary N) is 2. The van der Waals surface area contributed by atoms with E-state index >= 15 is 0 Å². The molecule has 1 rings (SSSR count). The molecule has 20 heavy (non-hydrogen) atoms. The Bertz CT molecular complexity index is 568. The van der Waals surface area contributed by atoms with E-state index in [9.17, 15) is 26.4 Å². The molecule has 0 bridgehead atoms. The van der Waals surface area contributed by atoms with Crippen molar-refractivity contribution >= 4 is 21.4 Å². The Morgan fingerprint density at radius 2 is 1.75 bits per heavy atom. The second-order valence-corrected chi connectivity index (χ2v) is 6.08. The highest BCUT2D eigenvalue weighted by Crippen LogP contribution is 2.14. The lowest BCUT2D eigenvalue weighted by Gasteiger charge is -2.09. The molecule has 1 aromatic rings. The van der Waals surface area contributed by atoms with Crippen LogP contribution in [0.15, 0.2) is 29.2 Å². The molecule has 2 N–H and O–H groups in total. The van der Waals surface area contributed by atoms with E-state index in [0.29, 0.717) is 5.69 Å². The van der Waals surface area contributed by atoms with Crippen LogP contribution in [0.3, 0.4) is 0 Å². The minimum atomic E-state index is -4.38. The molecule has 0 saturated heterocycles. The topological polar surface area (TPSA) is 75.3 Å². The van der Waals surface area contributed by atoms with Gasteiger partial charge in [-0.3, -0.25) is 4.79 Å². The SMILES string of the molecule is CS(=O)(=O)c1ccc(NC(=O)CNCC(F)(F)F)cc1. The van der Waals surface area contributed by atoms with Crippen molar-refractivity contribution in [3.05, 3.63) is 24.3 Å². The average molecular weight is 310 g/mol. The third-order valence-corrected chi connectivity index (χ3v) is 3.31. The van der Waals surface area contributed by atoms with Gasteiger partial charge in [0, 0.05) is 11.9 Å². The van der Waals surface area contributed by atoms with Crippen molar-refractivity contribution in [2.24, 2.45) is 0 Å². The number of alkyl halides is 3. The summed E-state index contributed by atoms with van der Waals surface area (Å²) in [5, 5.41) is 4.29. The molecule has 5 nitrogen and oxygen atoms in total. The van der Waals surface area contributed by atoms with E-state index in [0.717, 1.165) is 6.26 Å². The first kappa shape index (κ1) is 16.4. The first-order chi connectivity index (χ1) is 9.08. The molecule has 0 unspecified atom stereocenters. The summed E-state index contributed by atoms with van der Waals surface area (Å²) in [7, 11) is -3.33. The molecule has 0 aliphatic carbocycles. The van der Waals surface area contributed by atoms with Crippen molar-refractivity contribution in [3.8, 4) is 0 Å². The van der Waals surface area contributed by atoms with Crippen LogP contribution >= 0.6 is 0 Å². The van der Waals surface area contributed by atoms with E-state index in [1.165, 1.54) is 24.3 Å². The number of amides is 1. The molecule has 0 aliphatic rings. The van der Waals surface area contributed by atoms with Crippen LogP contribution in [0.1, 0.15) is 0 Å². The Kier molecular flexibility index (Phi) is 5.12. The zero-order valence-corrected chi connectivity index (χ0v) is 11.3. The molecular weight excluding hydrogens is 297 g/mol. The van der Waals surface area contributed by atoms with Gasteiger partial charge in [-0.2, -0.15) is 13.2 Å². The Hall–Kier alpha value is -1.61. The minimum absolute atomic E-state index is 0.0886. The van der Waals surface area contributed by atoms with Gasteiger partial charge in [-0.1, -0.05) is 0 Å². The smallest absolute Gasteiger partial charge is 0.325 e. The predicted molar refractivity (Wildman–Crippen MR) is 67.1 cm³/mol. The van der Waals surface area contributed by atoms with Crippen LogP contribution in [0.4, 0.5) is 18.9 Å². The lowest BCUT2D eigenvalue weighted by molar-refractivity contribution is -0.126. The highest BCUT2D eigenvalue weighted by atomic mass is 32.2. The monoisotopic (exact) mass is 310 g/mol. The van der Waals surface area contributed by atoms with Crippen molar-refractivity contribution in [2.45, 2.75) is 11.1 Å². The van der Waals surface area contributed by atoms with Crippen LogP contribution in [0.2, 0.25) is 0 Å². The number of sulfone groups is 1. The molecule has 9 heteroatoms. The molecule has 0 saturated carbocycles. The average Bonchev–Trinajstić information content (AvgIpc) is 2.26. The standard InChI is InChI=1S/C11H13F3N2O3S/c1-20(18,19)9-4-2-8(3-5-9)16-10(17)6-15-7-11(12,13)14/h2-5,15H,6-7H2,1H3,(H,16,17). The lowest BCUT2D eigenvalue weighted by Crippen LogP contribution is -2.35. The molecule has 0 aromatic heterocycles. The highest BCUT2D eigenvalue weighted by Gasteiger charge is 2.26. The third-order valence-electron chi connectivity index (χ3n) is 2.18. The molecule has 1 amide bonds. The van der Waals surface area contributed by atoms with E-state index in [-0.39, 0.29) is 4.90 Å². The number of halogens is 3. The van der Waals surface area contributed by atoms with Gasteiger partial charge in [-0.25, -0.2) is 8.42 Å². The van der Waals surface area contributed by atoms with E-state index in [2.05, 4.69) is 5.32 Å². The maximum atomic E-state index is 11.8. The summed E-state index contributed by atoms with van der Waals surface area (Å²) in [6.07, 6.45) is -3.33. The highest BCUT2D eigenvalue weighted by molar-refractivity contribution is 7.90. The van der Waals surface area contributed by atoms with E-state index in [1.807, 2.05) is 5.32 Å². The summed E-state index contributed by atoms with van der Waals surface area (Å²) < 4.78 is 57.9. The fourth-order valence-electron chi connectivity index (χ4n) is 1.31. The Balaban J connectivity index is 2.51. The number of anilines is 1. The first-order valence-electron chi connectivity index (χ1n) is 5.45. The minimum Gasteiger partial charge on any atom is -0.325 e. The fraction of sp³-hybridized carbons (Fsp3) is 0.364. The summed E-state index contributed by atoms with van der Waals surface area (Å²) in [4.78, 5) is 11.4. The van der Waals surface area contributed by atoms with Crippen LogP contribution in [0, 0.1) is 0 Å². The van der Waals surface area contributed by atoms with E-state index < -0.39 is 35.0 Å². The van der Waals surface area contributed by atoms with Gasteiger partial charge in [0.1, 0.15) is 0 Å². The molecule has 112 valence electrons. The Morgan fingerprint density at radius 1 is 1.20 bits per heavy atom. The molecule has 0 radical (unpaired) electrons. The molecule has 0 fully saturated rings. The number of rotatable bonds is 5. The predicted octanol–water partition coefficient (Wildman–Crippen LogP) is 1.18. The van der Waals surface area contributed by atoms with Gasteiger partial charge in [-0.05, 0) is 24.3 Å². The maximum absolute atomic E-state index is 11.8. The zero-order valence-electron chi connectivity index (χ0n) is 10.5. The van der Waals surface area contributed by atoms with Crippen LogP contribution in [0.5, 0.6) is 0 Å². The molecular formula is C11H13F3N2O3S. The van der Waals surface area contributed by atoms with Crippen LogP contribution in [0.25, 0.3) is 0 Å². The van der Waals surface area contributed by atoms with Gasteiger partial charge in [-0.15, -0.1) is 0 Å². The molecule has 0 aliphatic heterocycles. The lowest BCUT2D eigenvalue weighted by atomic mass is 10.3. The van der Waals surface area contributed by atoms with Gasteiger partial charge in [0.25, 0.3) is 0 Å². The third kappa shape index (κ3) is 6.02. The summed E-state index contributed by atoms with van der Waals surface area (Å²) in [6, 6.07) is 5.32. The van der Waals surface area contributed by atoms with Gasteiger partial charge < -0.3 is 10.6 Å². The Labute approximate surface area is 114 Å². The van der Waals surface area contributed by atoms with Gasteiger partial charge >= 0.3 is 6.18 Å². The van der Waals surface area contributed by atoms with Gasteiger partial charge in [0.05, 0.1) is 18.0 Å².